The first-order chi connectivity index (χ1) is 11.0. The van der Waals surface area contributed by atoms with E-state index >= 15 is 0 Å². The van der Waals surface area contributed by atoms with Crippen LogP contribution in [-0.2, 0) is 11.3 Å². The molecule has 1 aromatic carbocycles. The fourth-order valence-electron chi connectivity index (χ4n) is 1.83. The third-order valence-electron chi connectivity index (χ3n) is 2.92. The molecule has 0 spiro atoms. The number of benzene rings is 1. The van der Waals surface area contributed by atoms with Crippen LogP contribution < -0.4 is 9.47 Å². The van der Waals surface area contributed by atoms with Crippen LogP contribution in [0.2, 0.25) is 5.28 Å². The number of nitro groups is 1. The van der Waals surface area contributed by atoms with Crippen LogP contribution in [-0.4, -0.2) is 34.8 Å². The quantitative estimate of drug-likeness (QED) is 0.607. The van der Waals surface area contributed by atoms with E-state index in [1.54, 1.807) is 0 Å². The largest absolute Gasteiger partial charge is 0.493 e. The molecule has 0 bridgehead atoms. The third-order valence-corrected chi connectivity index (χ3v) is 3.20. The molecular weight excluding hydrogens is 330 g/mol. The van der Waals surface area contributed by atoms with E-state index in [1.807, 2.05) is 0 Å². The Morgan fingerprint density at radius 2 is 2.00 bits per heavy atom. The summed E-state index contributed by atoms with van der Waals surface area (Å²) in [6.45, 7) is -0.343. The van der Waals surface area contributed by atoms with Crippen LogP contribution in [0.1, 0.15) is 5.56 Å². The topological polar surface area (TPSA) is 106 Å². The zero-order valence-electron chi connectivity index (χ0n) is 12.2. The molecule has 0 fully saturated rings. The minimum atomic E-state index is -0.809. The normalized spacial score (nSPS) is 10.2. The number of carbonyl (C=O) groups excluding carboxylic acids is 1. The number of aromatic nitrogens is 2. The highest BCUT2D eigenvalue weighted by Gasteiger charge is 2.21. The molecule has 0 N–H and O–H groups in total. The molecule has 0 saturated heterocycles. The van der Waals surface area contributed by atoms with Crippen LogP contribution in [0.25, 0.3) is 0 Å². The summed E-state index contributed by atoms with van der Waals surface area (Å²) in [5.74, 6) is 0.483. The van der Waals surface area contributed by atoms with E-state index in [0.29, 0.717) is 0 Å². The number of carbonyl (C=O) groups is 1. The number of hydrogen-bond acceptors (Lipinski definition) is 7. The highest BCUT2D eigenvalue weighted by molar-refractivity contribution is 6.29. The van der Waals surface area contributed by atoms with Gasteiger partial charge in [-0.2, -0.15) is 0 Å². The number of rotatable bonds is 5. The number of nitro benzene ring substituents is 1. The Kier molecular flexibility index (Phi) is 5.02. The van der Waals surface area contributed by atoms with Crippen molar-refractivity contribution in [3.8, 4) is 11.5 Å². The second-order valence-corrected chi connectivity index (χ2v) is 4.55. The van der Waals surface area contributed by atoms with Gasteiger partial charge in [-0.15, -0.1) is 0 Å². The molecule has 23 heavy (non-hydrogen) atoms. The maximum absolute atomic E-state index is 11.8. The minimum Gasteiger partial charge on any atom is -0.493 e. The van der Waals surface area contributed by atoms with Gasteiger partial charge in [0.1, 0.15) is 6.61 Å². The van der Waals surface area contributed by atoms with Crippen molar-refractivity contribution >= 4 is 23.4 Å². The van der Waals surface area contributed by atoms with Gasteiger partial charge in [-0.05, 0) is 17.7 Å². The average Bonchev–Trinajstić information content (AvgIpc) is 2.97. The van der Waals surface area contributed by atoms with Crippen molar-refractivity contribution in [2.45, 2.75) is 6.61 Å². The predicted octanol–water partition coefficient (Wildman–Crippen LogP) is 2.65. The Balaban J connectivity index is 2.26. The van der Waals surface area contributed by atoms with Gasteiger partial charge >= 0.3 is 6.09 Å². The Hall–Kier alpha value is -2.81. The van der Waals surface area contributed by atoms with Crippen molar-refractivity contribution in [2.75, 3.05) is 14.2 Å². The number of methoxy groups -OCH3 is 2. The zero-order valence-corrected chi connectivity index (χ0v) is 12.9. The van der Waals surface area contributed by atoms with Crippen molar-refractivity contribution in [1.29, 1.82) is 0 Å². The van der Waals surface area contributed by atoms with E-state index < -0.39 is 11.0 Å². The maximum Gasteiger partial charge on any atom is 0.420 e. The van der Waals surface area contributed by atoms with Gasteiger partial charge < -0.3 is 14.2 Å². The standard InChI is InChI=1S/C13H12ClN3O6/c1-21-10-5-8(9(17(19)20)6-11(10)22-2)7-23-13(18)16-4-3-15-12(16)14/h3-6H,7H2,1-2H3. The summed E-state index contributed by atoms with van der Waals surface area (Å²) in [6, 6.07) is 2.58. The molecule has 0 amide bonds. The molecule has 0 aliphatic rings. The van der Waals surface area contributed by atoms with E-state index in [-0.39, 0.29) is 34.6 Å². The van der Waals surface area contributed by atoms with E-state index in [1.165, 1.54) is 38.7 Å². The number of halogens is 1. The fraction of sp³-hybridized carbons (Fsp3) is 0.231. The Labute approximate surface area is 135 Å². The first kappa shape index (κ1) is 16.6. The molecule has 0 radical (unpaired) electrons. The first-order valence-corrected chi connectivity index (χ1v) is 6.61. The van der Waals surface area contributed by atoms with Crippen LogP contribution in [0.4, 0.5) is 10.5 Å². The lowest BCUT2D eigenvalue weighted by Crippen LogP contribution is -2.13. The summed E-state index contributed by atoms with van der Waals surface area (Å²) in [5.41, 5.74) is -0.107. The number of ether oxygens (including phenoxy) is 3. The van der Waals surface area contributed by atoms with E-state index in [4.69, 9.17) is 25.8 Å². The van der Waals surface area contributed by atoms with Crippen LogP contribution in [0.15, 0.2) is 24.5 Å². The van der Waals surface area contributed by atoms with Gasteiger partial charge in [0.15, 0.2) is 11.5 Å². The minimum absolute atomic E-state index is 0.0724. The Morgan fingerprint density at radius 3 is 2.52 bits per heavy atom. The lowest BCUT2D eigenvalue weighted by atomic mass is 10.1. The summed E-state index contributed by atoms with van der Waals surface area (Å²) in [6.07, 6.45) is 1.83. The van der Waals surface area contributed by atoms with Gasteiger partial charge in [-0.1, -0.05) is 0 Å². The summed E-state index contributed by atoms with van der Waals surface area (Å²) >= 11 is 5.69. The van der Waals surface area contributed by atoms with Gasteiger partial charge in [-0.25, -0.2) is 14.3 Å². The van der Waals surface area contributed by atoms with Gasteiger partial charge in [0.2, 0.25) is 5.28 Å². The highest BCUT2D eigenvalue weighted by atomic mass is 35.5. The Bertz CT molecular complexity index is 745. The maximum atomic E-state index is 11.8. The predicted molar refractivity (Wildman–Crippen MR) is 79.0 cm³/mol. The van der Waals surface area contributed by atoms with Crippen LogP contribution in [0, 0.1) is 10.1 Å². The molecule has 0 atom stereocenters. The number of imidazole rings is 1. The highest BCUT2D eigenvalue weighted by Crippen LogP contribution is 2.34. The van der Waals surface area contributed by atoms with Crippen molar-refractivity contribution < 1.29 is 23.9 Å². The third kappa shape index (κ3) is 3.51. The van der Waals surface area contributed by atoms with Crippen molar-refractivity contribution in [3.05, 3.63) is 45.5 Å². The number of nitrogens with zero attached hydrogens (tertiary/aromatic N) is 3. The van der Waals surface area contributed by atoms with Crippen molar-refractivity contribution in [2.24, 2.45) is 0 Å². The SMILES string of the molecule is COc1cc(COC(=O)n2ccnc2Cl)c([N+](=O)[O-])cc1OC. The first-order valence-electron chi connectivity index (χ1n) is 6.23. The molecule has 0 aliphatic heterocycles. The summed E-state index contributed by atoms with van der Waals surface area (Å²) in [4.78, 5) is 26.1. The Morgan fingerprint density at radius 1 is 1.35 bits per heavy atom. The summed E-state index contributed by atoms with van der Waals surface area (Å²) < 4.78 is 16.1. The molecule has 1 aromatic heterocycles. The molecule has 1 heterocycles. The van der Waals surface area contributed by atoms with Crippen molar-refractivity contribution in [3.63, 3.8) is 0 Å². The smallest absolute Gasteiger partial charge is 0.420 e. The van der Waals surface area contributed by atoms with E-state index in [9.17, 15) is 14.9 Å². The summed E-state index contributed by atoms with van der Waals surface area (Å²) in [7, 11) is 2.76. The zero-order chi connectivity index (χ0) is 17.0. The van der Waals surface area contributed by atoms with Gasteiger partial charge in [-0.3, -0.25) is 10.1 Å². The van der Waals surface area contributed by atoms with Gasteiger partial charge in [0.25, 0.3) is 5.69 Å². The lowest BCUT2D eigenvalue weighted by molar-refractivity contribution is -0.385. The van der Waals surface area contributed by atoms with Crippen LogP contribution in [0.5, 0.6) is 11.5 Å². The van der Waals surface area contributed by atoms with Crippen LogP contribution >= 0.6 is 11.6 Å². The molecule has 0 unspecified atom stereocenters. The van der Waals surface area contributed by atoms with Crippen molar-refractivity contribution in [1.82, 2.24) is 9.55 Å². The molecule has 0 aliphatic carbocycles. The van der Waals surface area contributed by atoms with E-state index in [0.717, 1.165) is 4.57 Å². The molecule has 122 valence electrons. The lowest BCUT2D eigenvalue weighted by Gasteiger charge is -2.11. The number of hydrogen-bond donors (Lipinski definition) is 0. The van der Waals surface area contributed by atoms with Crippen LogP contribution in [0.3, 0.4) is 0 Å². The van der Waals surface area contributed by atoms with E-state index in [2.05, 4.69) is 4.98 Å². The molecule has 2 rings (SSSR count). The van der Waals surface area contributed by atoms with Gasteiger partial charge in [0.05, 0.1) is 30.8 Å². The molecule has 9 nitrogen and oxygen atoms in total. The molecule has 2 aromatic rings. The monoisotopic (exact) mass is 341 g/mol. The van der Waals surface area contributed by atoms with Gasteiger partial charge in [0, 0.05) is 12.4 Å². The molecule has 10 heteroatoms. The average molecular weight is 342 g/mol. The second-order valence-electron chi connectivity index (χ2n) is 4.21. The summed E-state index contributed by atoms with van der Waals surface area (Å²) in [5, 5.41) is 11.1. The fourth-order valence-corrected chi connectivity index (χ4v) is 2.01. The molecular formula is C13H12ClN3O6. The molecule has 0 saturated carbocycles. The second kappa shape index (κ2) is 6.97.